The molecule has 0 radical (unpaired) electrons. The number of para-hydroxylation sites is 1. The first-order chi connectivity index (χ1) is 14.9. The summed E-state index contributed by atoms with van der Waals surface area (Å²) in [6.07, 6.45) is -2.60. The van der Waals surface area contributed by atoms with Gasteiger partial charge in [-0.25, -0.2) is 9.36 Å². The summed E-state index contributed by atoms with van der Waals surface area (Å²) in [6, 6.07) is 15.6. The first-order valence-corrected chi connectivity index (χ1v) is 9.50. The first-order valence-electron chi connectivity index (χ1n) is 9.50. The van der Waals surface area contributed by atoms with Gasteiger partial charge in [0.05, 0.1) is 41.1 Å². The fourth-order valence-corrected chi connectivity index (χ4v) is 3.61. The average Bonchev–Trinajstić information content (AvgIpc) is 3.44. The molecule has 0 spiro atoms. The van der Waals surface area contributed by atoms with Gasteiger partial charge < -0.3 is 4.74 Å². The molecular weight excluding hydrogens is 409 g/mol. The van der Waals surface area contributed by atoms with Gasteiger partial charge in [-0.15, -0.1) is 0 Å². The molecule has 0 aliphatic carbocycles. The normalized spacial score (nSPS) is 13.1. The quantitative estimate of drug-likeness (QED) is 0.498. The Bertz CT molecular complexity index is 1330. The van der Waals surface area contributed by atoms with Crippen molar-refractivity contribution in [3.8, 4) is 28.5 Å². The number of rotatable bonds is 3. The lowest BCUT2D eigenvalue weighted by Gasteiger charge is -2.15. The number of halogens is 3. The Morgan fingerprint density at radius 1 is 0.935 bits per heavy atom. The molecule has 1 aliphatic heterocycles. The van der Waals surface area contributed by atoms with Crippen molar-refractivity contribution in [1.29, 1.82) is 0 Å². The number of ether oxygens (including phenoxy) is 1. The molecule has 2 aromatic heterocycles. The van der Waals surface area contributed by atoms with Crippen molar-refractivity contribution in [3.05, 3.63) is 88.3 Å². The van der Waals surface area contributed by atoms with Crippen LogP contribution in [0.2, 0.25) is 0 Å². The molecular formula is C22H15F3N4O2. The smallest absolute Gasteiger partial charge is 0.416 e. The minimum Gasteiger partial charge on any atom is -0.487 e. The second kappa shape index (κ2) is 7.12. The molecule has 0 amide bonds. The Morgan fingerprint density at radius 2 is 1.71 bits per heavy atom. The number of aromatic nitrogens is 4. The van der Waals surface area contributed by atoms with Gasteiger partial charge in [-0.05, 0) is 36.4 Å². The Hall–Kier alpha value is -3.88. The van der Waals surface area contributed by atoms with Crippen LogP contribution in [0.15, 0.2) is 71.7 Å². The summed E-state index contributed by atoms with van der Waals surface area (Å²) in [7, 11) is 0. The number of alkyl halides is 3. The zero-order valence-corrected chi connectivity index (χ0v) is 16.0. The maximum Gasteiger partial charge on any atom is 0.416 e. The van der Waals surface area contributed by atoms with Gasteiger partial charge in [0.1, 0.15) is 0 Å². The van der Waals surface area contributed by atoms with E-state index in [1.165, 1.54) is 23.0 Å². The van der Waals surface area contributed by atoms with Crippen LogP contribution >= 0.6 is 0 Å². The van der Waals surface area contributed by atoms with E-state index in [-0.39, 0.29) is 23.7 Å². The van der Waals surface area contributed by atoms with Gasteiger partial charge in [0.15, 0.2) is 11.4 Å². The molecule has 3 heterocycles. The Labute approximate surface area is 174 Å². The Balaban J connectivity index is 1.73. The lowest BCUT2D eigenvalue weighted by Crippen LogP contribution is -2.19. The summed E-state index contributed by atoms with van der Waals surface area (Å²) in [6.45, 7) is 0.257. The summed E-state index contributed by atoms with van der Waals surface area (Å²) in [5, 5.41) is 8.75. The molecule has 0 atom stereocenters. The fourth-order valence-electron chi connectivity index (χ4n) is 3.61. The molecule has 0 saturated carbocycles. The van der Waals surface area contributed by atoms with Gasteiger partial charge in [-0.2, -0.15) is 23.4 Å². The van der Waals surface area contributed by atoms with E-state index in [0.29, 0.717) is 17.8 Å². The average molecular weight is 424 g/mol. The van der Waals surface area contributed by atoms with Crippen molar-refractivity contribution in [1.82, 2.24) is 19.6 Å². The van der Waals surface area contributed by atoms with Crippen molar-refractivity contribution in [2.75, 3.05) is 6.61 Å². The van der Waals surface area contributed by atoms with Crippen LogP contribution in [0.4, 0.5) is 13.2 Å². The van der Waals surface area contributed by atoms with Crippen LogP contribution in [0, 0.1) is 0 Å². The molecule has 1 aliphatic rings. The molecule has 2 aromatic carbocycles. The van der Waals surface area contributed by atoms with E-state index in [4.69, 9.17) is 4.74 Å². The first kappa shape index (κ1) is 19.1. The molecule has 6 nitrogen and oxygen atoms in total. The van der Waals surface area contributed by atoms with Gasteiger partial charge >= 0.3 is 6.18 Å². The monoisotopic (exact) mass is 424 g/mol. The summed E-state index contributed by atoms with van der Waals surface area (Å²) in [5.74, 6) is 0.100. The Morgan fingerprint density at radius 3 is 2.48 bits per heavy atom. The minimum atomic E-state index is -4.50. The summed E-state index contributed by atoms with van der Waals surface area (Å²) in [4.78, 5) is 13.1. The van der Waals surface area contributed by atoms with E-state index >= 15 is 0 Å². The molecule has 0 saturated heterocycles. The minimum absolute atomic E-state index is 0.0411. The second-order valence-electron chi connectivity index (χ2n) is 6.98. The summed E-state index contributed by atoms with van der Waals surface area (Å²) in [5.41, 5.74) is 0.593. The lowest BCUT2D eigenvalue weighted by atomic mass is 10.1. The van der Waals surface area contributed by atoms with Crippen molar-refractivity contribution in [2.24, 2.45) is 0 Å². The van der Waals surface area contributed by atoms with Crippen molar-refractivity contribution >= 4 is 0 Å². The number of hydrogen-bond donors (Lipinski definition) is 0. The van der Waals surface area contributed by atoms with Gasteiger partial charge in [0, 0.05) is 6.42 Å². The van der Waals surface area contributed by atoms with Crippen LogP contribution in [0.5, 0.6) is 5.75 Å². The number of benzene rings is 2. The fraction of sp³-hybridized carbons (Fsp3) is 0.136. The third-order valence-corrected chi connectivity index (χ3v) is 5.03. The predicted molar refractivity (Wildman–Crippen MR) is 107 cm³/mol. The number of nitrogens with zero attached hydrogens (tertiary/aromatic N) is 4. The lowest BCUT2D eigenvalue weighted by molar-refractivity contribution is -0.137. The van der Waals surface area contributed by atoms with Crippen molar-refractivity contribution < 1.29 is 17.9 Å². The topological polar surface area (TPSA) is 61.9 Å². The molecule has 156 valence electrons. The van der Waals surface area contributed by atoms with Crippen LogP contribution in [0.1, 0.15) is 11.3 Å². The highest BCUT2D eigenvalue weighted by Crippen LogP contribution is 2.32. The van der Waals surface area contributed by atoms with Crippen LogP contribution in [0.25, 0.3) is 22.8 Å². The van der Waals surface area contributed by atoms with Crippen LogP contribution in [-0.2, 0) is 12.6 Å². The van der Waals surface area contributed by atoms with E-state index in [1.54, 1.807) is 10.7 Å². The van der Waals surface area contributed by atoms with Crippen LogP contribution < -0.4 is 10.2 Å². The molecule has 0 unspecified atom stereocenters. The molecule has 4 aromatic rings. The van der Waals surface area contributed by atoms with Gasteiger partial charge in [-0.1, -0.05) is 24.3 Å². The van der Waals surface area contributed by atoms with Gasteiger partial charge in [-0.3, -0.25) is 4.79 Å². The molecule has 0 N–H and O–H groups in total. The third-order valence-electron chi connectivity index (χ3n) is 5.03. The number of hydrogen-bond acceptors (Lipinski definition) is 4. The summed E-state index contributed by atoms with van der Waals surface area (Å²) < 4.78 is 48.2. The SMILES string of the molecule is O=c1c(-c2ccnn2-c2ccccc2)nn(-c2cccc(C(F)(F)F)c2)c2c1OCC2. The maximum atomic E-state index is 13.2. The summed E-state index contributed by atoms with van der Waals surface area (Å²) >= 11 is 0. The standard InChI is InChI=1S/C22H15F3N4O2/c23-22(24,25)14-5-4-8-16(13-14)29-18-10-12-31-21(18)20(30)19(27-29)17-9-11-26-28(17)15-6-2-1-3-7-15/h1-9,11,13H,10,12H2. The van der Waals surface area contributed by atoms with Crippen molar-refractivity contribution in [2.45, 2.75) is 12.6 Å². The molecule has 5 rings (SSSR count). The highest BCUT2D eigenvalue weighted by Gasteiger charge is 2.32. The maximum absolute atomic E-state index is 13.2. The zero-order chi connectivity index (χ0) is 21.6. The molecule has 31 heavy (non-hydrogen) atoms. The predicted octanol–water partition coefficient (Wildman–Crippen LogP) is 4.04. The zero-order valence-electron chi connectivity index (χ0n) is 16.0. The van der Waals surface area contributed by atoms with Crippen LogP contribution in [0.3, 0.4) is 0 Å². The molecule has 0 fully saturated rings. The van der Waals surface area contributed by atoms with E-state index in [0.717, 1.165) is 17.8 Å². The molecule has 0 bridgehead atoms. The number of fused-ring (bicyclic) bond motifs is 1. The van der Waals surface area contributed by atoms with Crippen LogP contribution in [-0.4, -0.2) is 26.2 Å². The largest absolute Gasteiger partial charge is 0.487 e. The van der Waals surface area contributed by atoms with E-state index in [2.05, 4.69) is 10.2 Å². The van der Waals surface area contributed by atoms with Gasteiger partial charge in [0.2, 0.25) is 0 Å². The van der Waals surface area contributed by atoms with Gasteiger partial charge in [0.25, 0.3) is 5.43 Å². The highest BCUT2D eigenvalue weighted by molar-refractivity contribution is 5.60. The van der Waals surface area contributed by atoms with E-state index < -0.39 is 17.2 Å². The van der Waals surface area contributed by atoms with E-state index in [1.807, 2.05) is 30.3 Å². The highest BCUT2D eigenvalue weighted by atomic mass is 19.4. The van der Waals surface area contributed by atoms with E-state index in [9.17, 15) is 18.0 Å². The van der Waals surface area contributed by atoms with Crippen molar-refractivity contribution in [3.63, 3.8) is 0 Å². The molecule has 9 heteroatoms. The second-order valence-corrected chi connectivity index (χ2v) is 6.98. The third kappa shape index (κ3) is 3.27. The Kier molecular flexibility index (Phi) is 4.39.